The molecule has 1 heterocycles. The van der Waals surface area contributed by atoms with E-state index in [0.29, 0.717) is 27.4 Å². The topological polar surface area (TPSA) is 107 Å². The van der Waals surface area contributed by atoms with Gasteiger partial charge in [0.05, 0.1) is 27.3 Å². The van der Waals surface area contributed by atoms with Crippen molar-refractivity contribution in [3.05, 3.63) is 98.3 Å². The van der Waals surface area contributed by atoms with Crippen molar-refractivity contribution in [1.29, 1.82) is 0 Å². The molecule has 0 unspecified atom stereocenters. The number of nitro groups is 1. The van der Waals surface area contributed by atoms with Crippen LogP contribution in [0.25, 0.3) is 16.6 Å². The Labute approximate surface area is 193 Å². The maximum atomic E-state index is 13.3. The van der Waals surface area contributed by atoms with Gasteiger partial charge in [-0.2, -0.15) is 0 Å². The lowest BCUT2D eigenvalue weighted by Gasteiger charge is -2.14. The van der Waals surface area contributed by atoms with Crippen LogP contribution in [-0.2, 0) is 4.79 Å². The van der Waals surface area contributed by atoms with E-state index in [1.165, 1.54) is 28.8 Å². The highest BCUT2D eigenvalue weighted by atomic mass is 32.2. The number of benzene rings is 3. The predicted octanol–water partition coefficient (Wildman–Crippen LogP) is 4.64. The molecule has 0 atom stereocenters. The van der Waals surface area contributed by atoms with Gasteiger partial charge in [0.15, 0.2) is 5.16 Å². The Balaban J connectivity index is 1.63. The van der Waals surface area contributed by atoms with Gasteiger partial charge < -0.3 is 5.32 Å². The van der Waals surface area contributed by atoms with E-state index in [0.717, 1.165) is 22.9 Å². The molecule has 0 aliphatic carbocycles. The van der Waals surface area contributed by atoms with Crippen molar-refractivity contribution in [3.63, 3.8) is 0 Å². The Morgan fingerprint density at radius 3 is 2.48 bits per heavy atom. The number of anilines is 1. The summed E-state index contributed by atoms with van der Waals surface area (Å²) in [6.07, 6.45) is 0. The summed E-state index contributed by atoms with van der Waals surface area (Å²) < 4.78 is 1.53. The molecule has 0 spiro atoms. The number of rotatable bonds is 6. The largest absolute Gasteiger partial charge is 0.325 e. The number of nitrogens with one attached hydrogen (secondary N) is 1. The molecule has 9 heteroatoms. The van der Waals surface area contributed by atoms with Gasteiger partial charge in [0.2, 0.25) is 5.91 Å². The summed E-state index contributed by atoms with van der Waals surface area (Å²) in [6, 6.07) is 18.4. The lowest BCUT2D eigenvalue weighted by atomic mass is 10.1. The molecule has 1 amide bonds. The molecule has 0 aliphatic heterocycles. The summed E-state index contributed by atoms with van der Waals surface area (Å²) in [5.41, 5.74) is 3.57. The van der Waals surface area contributed by atoms with Crippen LogP contribution in [0.2, 0.25) is 0 Å². The molecule has 0 bridgehead atoms. The van der Waals surface area contributed by atoms with E-state index >= 15 is 0 Å². The van der Waals surface area contributed by atoms with Gasteiger partial charge in [-0.15, -0.1) is 0 Å². The van der Waals surface area contributed by atoms with E-state index < -0.39 is 4.92 Å². The normalized spacial score (nSPS) is 10.8. The molecule has 4 rings (SSSR count). The number of hydrogen-bond acceptors (Lipinski definition) is 6. The van der Waals surface area contributed by atoms with Crippen LogP contribution in [0.5, 0.6) is 0 Å². The maximum Gasteiger partial charge on any atom is 0.269 e. The highest BCUT2D eigenvalue weighted by Gasteiger charge is 2.15. The number of fused-ring (bicyclic) bond motifs is 1. The molecule has 4 aromatic rings. The molecule has 166 valence electrons. The van der Waals surface area contributed by atoms with E-state index in [1.54, 1.807) is 18.2 Å². The second kappa shape index (κ2) is 9.25. The maximum absolute atomic E-state index is 13.3. The van der Waals surface area contributed by atoms with E-state index in [4.69, 9.17) is 0 Å². The number of aromatic nitrogens is 2. The van der Waals surface area contributed by atoms with Crippen molar-refractivity contribution < 1.29 is 9.72 Å². The predicted molar refractivity (Wildman–Crippen MR) is 129 cm³/mol. The van der Waals surface area contributed by atoms with Crippen molar-refractivity contribution in [3.8, 4) is 5.69 Å². The molecule has 8 nitrogen and oxygen atoms in total. The minimum atomic E-state index is -0.501. The third-order valence-corrected chi connectivity index (χ3v) is 6.13. The number of nitro benzene ring substituents is 1. The molecular weight excluding hydrogens is 440 g/mol. The summed E-state index contributed by atoms with van der Waals surface area (Å²) in [4.78, 5) is 40.8. The van der Waals surface area contributed by atoms with Crippen LogP contribution in [-0.4, -0.2) is 26.1 Å². The van der Waals surface area contributed by atoms with Crippen LogP contribution in [0.1, 0.15) is 11.1 Å². The fourth-order valence-electron chi connectivity index (χ4n) is 3.30. The third kappa shape index (κ3) is 4.78. The summed E-state index contributed by atoms with van der Waals surface area (Å²) in [6.45, 7) is 3.97. The summed E-state index contributed by atoms with van der Waals surface area (Å²) in [7, 11) is 0. The second-order valence-corrected chi connectivity index (χ2v) is 8.40. The van der Waals surface area contributed by atoms with Gasteiger partial charge in [-0.25, -0.2) is 4.98 Å². The Hall–Kier alpha value is -3.98. The van der Waals surface area contributed by atoms with Crippen molar-refractivity contribution >= 4 is 39.9 Å². The van der Waals surface area contributed by atoms with Gasteiger partial charge in [-0.3, -0.25) is 24.3 Å². The first kappa shape index (κ1) is 22.2. The molecule has 0 radical (unpaired) electrons. The first-order valence-corrected chi connectivity index (χ1v) is 11.1. The molecule has 0 saturated heterocycles. The van der Waals surface area contributed by atoms with Gasteiger partial charge >= 0.3 is 0 Å². The highest BCUT2D eigenvalue weighted by molar-refractivity contribution is 7.99. The van der Waals surface area contributed by atoms with E-state index in [9.17, 15) is 19.7 Å². The third-order valence-electron chi connectivity index (χ3n) is 5.19. The Morgan fingerprint density at radius 2 is 1.79 bits per heavy atom. The Kier molecular flexibility index (Phi) is 6.23. The number of hydrogen-bond donors (Lipinski definition) is 1. The zero-order valence-corrected chi connectivity index (χ0v) is 18.8. The molecule has 3 aromatic carbocycles. The average molecular weight is 461 g/mol. The summed E-state index contributed by atoms with van der Waals surface area (Å²) >= 11 is 1.15. The smallest absolute Gasteiger partial charge is 0.269 e. The lowest BCUT2D eigenvalue weighted by Crippen LogP contribution is -2.23. The van der Waals surface area contributed by atoms with E-state index in [2.05, 4.69) is 10.3 Å². The fourth-order valence-corrected chi connectivity index (χ4v) is 4.11. The summed E-state index contributed by atoms with van der Waals surface area (Å²) in [5.74, 6) is -0.310. The molecule has 0 aliphatic rings. The minimum absolute atomic E-state index is 0.00656. The van der Waals surface area contributed by atoms with Crippen molar-refractivity contribution in [1.82, 2.24) is 9.55 Å². The fraction of sp³-hybridized carbons (Fsp3) is 0.125. The molecular formula is C24H20N4O4S. The van der Waals surface area contributed by atoms with E-state index in [-0.39, 0.29) is 22.9 Å². The highest BCUT2D eigenvalue weighted by Crippen LogP contribution is 2.23. The lowest BCUT2D eigenvalue weighted by molar-refractivity contribution is -0.384. The molecule has 33 heavy (non-hydrogen) atoms. The average Bonchev–Trinajstić information content (AvgIpc) is 2.80. The van der Waals surface area contributed by atoms with Gasteiger partial charge in [0.1, 0.15) is 0 Å². The SMILES string of the molecule is Cc1ccc(-n2c(SCC(=O)Nc3ccc([N+](=O)[O-])cc3)nc3ccccc3c2=O)cc1C. The molecule has 1 aromatic heterocycles. The standard InChI is InChI=1S/C24H20N4O4S/c1-15-7-10-19(13-16(15)2)27-23(30)20-5-3-4-6-21(20)26-24(27)33-14-22(29)25-17-8-11-18(12-9-17)28(31)32/h3-13H,14H2,1-2H3,(H,25,29). The monoisotopic (exact) mass is 460 g/mol. The number of para-hydroxylation sites is 1. The van der Waals surface area contributed by atoms with Gasteiger partial charge in [-0.1, -0.05) is 30.0 Å². The van der Waals surface area contributed by atoms with Crippen molar-refractivity contribution in [2.75, 3.05) is 11.1 Å². The van der Waals surface area contributed by atoms with Gasteiger partial charge in [0.25, 0.3) is 11.2 Å². The molecule has 1 N–H and O–H groups in total. The van der Waals surface area contributed by atoms with Gasteiger partial charge in [0, 0.05) is 17.8 Å². The number of aryl methyl sites for hydroxylation is 2. The number of amides is 1. The number of thioether (sulfide) groups is 1. The van der Waals surface area contributed by atoms with Crippen LogP contribution in [0, 0.1) is 24.0 Å². The van der Waals surface area contributed by atoms with Crippen LogP contribution in [0.15, 0.2) is 76.7 Å². The molecule has 0 saturated carbocycles. The minimum Gasteiger partial charge on any atom is -0.325 e. The zero-order valence-electron chi connectivity index (χ0n) is 17.9. The number of carbonyl (C=O) groups excluding carboxylic acids is 1. The van der Waals surface area contributed by atoms with Crippen LogP contribution >= 0.6 is 11.8 Å². The zero-order chi connectivity index (χ0) is 23.5. The van der Waals surface area contributed by atoms with Crippen LogP contribution < -0.4 is 10.9 Å². The number of non-ortho nitro benzene ring substituents is 1. The quantitative estimate of drug-likeness (QED) is 0.194. The van der Waals surface area contributed by atoms with Crippen LogP contribution in [0.4, 0.5) is 11.4 Å². The van der Waals surface area contributed by atoms with Crippen molar-refractivity contribution in [2.24, 2.45) is 0 Å². The Bertz CT molecular complexity index is 1430. The van der Waals surface area contributed by atoms with E-state index in [1.807, 2.05) is 38.1 Å². The van der Waals surface area contributed by atoms with Crippen LogP contribution in [0.3, 0.4) is 0 Å². The first-order valence-electron chi connectivity index (χ1n) is 10.1. The summed E-state index contributed by atoms with van der Waals surface area (Å²) in [5, 5.41) is 14.4. The van der Waals surface area contributed by atoms with Crippen molar-refractivity contribution in [2.45, 2.75) is 19.0 Å². The second-order valence-electron chi connectivity index (χ2n) is 7.46. The van der Waals surface area contributed by atoms with Gasteiger partial charge in [-0.05, 0) is 61.4 Å². The number of carbonyl (C=O) groups is 1. The Morgan fingerprint density at radius 1 is 1.06 bits per heavy atom. The molecule has 0 fully saturated rings. The first-order chi connectivity index (χ1) is 15.8. The number of nitrogens with zero attached hydrogens (tertiary/aromatic N) is 3.